The van der Waals surface area contributed by atoms with E-state index < -0.39 is 16.1 Å². The third-order valence-electron chi connectivity index (χ3n) is 7.97. The summed E-state index contributed by atoms with van der Waals surface area (Å²) in [5.41, 5.74) is 3.98. The van der Waals surface area contributed by atoms with Gasteiger partial charge in [0.15, 0.2) is 11.5 Å². The molecule has 2 fully saturated rings. The monoisotopic (exact) mass is 632 g/mol. The number of nitrogens with one attached hydrogen (secondary N) is 1. The summed E-state index contributed by atoms with van der Waals surface area (Å²) >= 11 is 12.9. The summed E-state index contributed by atoms with van der Waals surface area (Å²) in [5, 5.41) is 19.4. The maximum Gasteiger partial charge on any atom is 0.211 e. The van der Waals surface area contributed by atoms with E-state index in [0.29, 0.717) is 76.1 Å². The number of aliphatic hydroxyl groups is 1. The second-order valence-electron chi connectivity index (χ2n) is 11.1. The van der Waals surface area contributed by atoms with Crippen LogP contribution in [0.1, 0.15) is 29.8 Å². The summed E-state index contributed by atoms with van der Waals surface area (Å²) in [6, 6.07) is 5.52. The van der Waals surface area contributed by atoms with Gasteiger partial charge in [0.05, 0.1) is 41.2 Å². The van der Waals surface area contributed by atoms with Gasteiger partial charge in [-0.05, 0) is 26.0 Å². The minimum atomic E-state index is -3.17. The molecule has 11 nitrogen and oxygen atoms in total. The maximum atomic E-state index is 11.8. The van der Waals surface area contributed by atoms with Gasteiger partial charge in [0.1, 0.15) is 17.6 Å². The molecule has 1 atom stereocenters. The lowest BCUT2D eigenvalue weighted by Crippen LogP contribution is -2.73. The molecule has 0 radical (unpaired) electrons. The van der Waals surface area contributed by atoms with Gasteiger partial charge >= 0.3 is 0 Å². The predicted molar refractivity (Wildman–Crippen MR) is 161 cm³/mol. The number of halogens is 2. The summed E-state index contributed by atoms with van der Waals surface area (Å²) in [5.74, 6) is 1.66. The molecule has 4 aromatic rings. The summed E-state index contributed by atoms with van der Waals surface area (Å²) < 4.78 is 37.0. The van der Waals surface area contributed by atoms with E-state index >= 15 is 0 Å². The zero-order chi connectivity index (χ0) is 30.0. The maximum absolute atomic E-state index is 11.8. The van der Waals surface area contributed by atoms with Gasteiger partial charge in [0.2, 0.25) is 10.0 Å². The molecule has 0 aliphatic carbocycles. The number of aromatic amines is 1. The van der Waals surface area contributed by atoms with Crippen molar-refractivity contribution >= 4 is 49.9 Å². The number of benzene rings is 1. The lowest BCUT2D eigenvalue weighted by Gasteiger charge is -2.59. The molecule has 14 heteroatoms. The molecule has 0 amide bonds. The first-order valence-corrected chi connectivity index (χ1v) is 15.9. The lowest BCUT2D eigenvalue weighted by atomic mass is 9.74. The van der Waals surface area contributed by atoms with E-state index in [1.165, 1.54) is 10.6 Å². The van der Waals surface area contributed by atoms with Crippen LogP contribution in [-0.4, -0.2) is 77.5 Å². The van der Waals surface area contributed by atoms with Gasteiger partial charge in [-0.15, -0.1) is 0 Å². The standard InChI is InChI=1S/C28H30Cl2N6O5S/c1-15-25(30)24(20(29)9-31-15)16(2)41-23-6-19-21(7-22(23)40-3)33-34-26(19)17-5-18(10-37)27(32-8-17)35-11-28(12-35)13-36(14-28)42(4,38)39/h5-9,16,37H,10-14H2,1-4H3,(H,33,34)/t16-/m1/s1. The number of ether oxygens (including phenoxy) is 2. The second-order valence-corrected chi connectivity index (χ2v) is 13.8. The van der Waals surface area contributed by atoms with Crippen molar-refractivity contribution in [2.45, 2.75) is 26.6 Å². The molecule has 222 valence electrons. The fraction of sp³-hybridized carbons (Fsp3) is 0.393. The number of aliphatic hydroxyl groups excluding tert-OH is 1. The van der Waals surface area contributed by atoms with Crippen LogP contribution in [0.3, 0.4) is 0 Å². The fourth-order valence-corrected chi connectivity index (χ4v) is 7.45. The van der Waals surface area contributed by atoms with E-state index in [9.17, 15) is 13.5 Å². The molecule has 5 heterocycles. The number of aryl methyl sites for hydroxylation is 1. The number of methoxy groups -OCH3 is 1. The van der Waals surface area contributed by atoms with Gasteiger partial charge in [-0.2, -0.15) is 5.10 Å². The zero-order valence-electron chi connectivity index (χ0n) is 23.5. The fourth-order valence-electron chi connectivity index (χ4n) is 5.78. The molecule has 1 spiro atoms. The van der Waals surface area contributed by atoms with Gasteiger partial charge in [0.25, 0.3) is 0 Å². The normalized spacial score (nSPS) is 17.3. The lowest BCUT2D eigenvalue weighted by molar-refractivity contribution is 0.0392. The van der Waals surface area contributed by atoms with Crippen molar-refractivity contribution in [2.24, 2.45) is 5.41 Å². The quantitative estimate of drug-likeness (QED) is 0.290. The highest BCUT2D eigenvalue weighted by Crippen LogP contribution is 2.44. The summed E-state index contributed by atoms with van der Waals surface area (Å²) in [4.78, 5) is 11.0. The van der Waals surface area contributed by atoms with E-state index in [1.807, 2.05) is 25.1 Å². The first-order chi connectivity index (χ1) is 19.9. The van der Waals surface area contributed by atoms with Gasteiger partial charge in [0, 0.05) is 72.1 Å². The van der Waals surface area contributed by atoms with Crippen LogP contribution >= 0.6 is 23.2 Å². The molecule has 2 aliphatic heterocycles. The number of sulfonamides is 1. The number of rotatable bonds is 8. The molecule has 42 heavy (non-hydrogen) atoms. The highest BCUT2D eigenvalue weighted by molar-refractivity contribution is 7.88. The molecule has 0 unspecified atom stereocenters. The Morgan fingerprint density at radius 1 is 1.12 bits per heavy atom. The number of H-pyrrole nitrogens is 1. The van der Waals surface area contributed by atoms with Crippen molar-refractivity contribution in [1.29, 1.82) is 0 Å². The minimum Gasteiger partial charge on any atom is -0.493 e. The second kappa shape index (κ2) is 10.5. The molecular formula is C28H30Cl2N6O5S. The average molecular weight is 634 g/mol. The van der Waals surface area contributed by atoms with Crippen LogP contribution in [-0.2, 0) is 16.6 Å². The van der Waals surface area contributed by atoms with Gasteiger partial charge < -0.3 is 19.5 Å². The average Bonchev–Trinajstić information content (AvgIpc) is 3.31. The minimum absolute atomic E-state index is 0.0510. The van der Waals surface area contributed by atoms with E-state index in [0.717, 1.165) is 16.5 Å². The van der Waals surface area contributed by atoms with Crippen molar-refractivity contribution in [2.75, 3.05) is 44.4 Å². The van der Waals surface area contributed by atoms with Crippen molar-refractivity contribution < 1.29 is 23.0 Å². The van der Waals surface area contributed by atoms with Crippen molar-refractivity contribution in [3.8, 4) is 22.8 Å². The largest absolute Gasteiger partial charge is 0.493 e. The molecule has 2 saturated heterocycles. The van der Waals surface area contributed by atoms with Crippen LogP contribution in [0, 0.1) is 12.3 Å². The SMILES string of the molecule is COc1cc2[nH]nc(-c3cnc(N4CC5(C4)CN(S(C)(=O)=O)C5)c(CO)c3)c2cc1O[C@H](C)c1c(Cl)cnc(C)c1Cl. The summed E-state index contributed by atoms with van der Waals surface area (Å²) in [6.45, 7) is 5.86. The molecule has 0 saturated carbocycles. The molecule has 3 aromatic heterocycles. The first-order valence-electron chi connectivity index (χ1n) is 13.3. The van der Waals surface area contributed by atoms with Gasteiger partial charge in [-0.1, -0.05) is 23.2 Å². The Kier molecular flexibility index (Phi) is 7.25. The van der Waals surface area contributed by atoms with Crippen LogP contribution < -0.4 is 14.4 Å². The Morgan fingerprint density at radius 2 is 1.86 bits per heavy atom. The highest BCUT2D eigenvalue weighted by Gasteiger charge is 2.54. The Morgan fingerprint density at radius 3 is 2.52 bits per heavy atom. The molecule has 2 aliphatic rings. The summed E-state index contributed by atoms with van der Waals surface area (Å²) in [6.07, 6.45) is 4.01. The van der Waals surface area contributed by atoms with Crippen molar-refractivity contribution in [3.05, 3.63) is 57.5 Å². The Hall–Kier alpha value is -3.16. The van der Waals surface area contributed by atoms with Crippen LogP contribution in [0.25, 0.3) is 22.2 Å². The molecule has 2 N–H and O–H groups in total. The van der Waals surface area contributed by atoms with Crippen LogP contribution in [0.15, 0.2) is 30.6 Å². The van der Waals surface area contributed by atoms with E-state index in [-0.39, 0.29) is 12.0 Å². The number of hydrogen-bond acceptors (Lipinski definition) is 9. The molecular weight excluding hydrogens is 603 g/mol. The highest BCUT2D eigenvalue weighted by atomic mass is 35.5. The van der Waals surface area contributed by atoms with Crippen LogP contribution in [0.5, 0.6) is 11.5 Å². The number of hydrogen-bond donors (Lipinski definition) is 2. The van der Waals surface area contributed by atoms with E-state index in [1.54, 1.807) is 26.4 Å². The van der Waals surface area contributed by atoms with Crippen molar-refractivity contribution in [1.82, 2.24) is 24.5 Å². The van der Waals surface area contributed by atoms with Crippen LogP contribution in [0.2, 0.25) is 10.0 Å². The van der Waals surface area contributed by atoms with E-state index in [2.05, 4.69) is 25.1 Å². The first kappa shape index (κ1) is 28.9. The summed E-state index contributed by atoms with van der Waals surface area (Å²) in [7, 11) is -1.61. The third-order valence-corrected chi connectivity index (χ3v) is 9.95. The Bertz CT molecular complexity index is 1800. The Balaban J connectivity index is 1.28. The molecule has 0 bridgehead atoms. The third kappa shape index (κ3) is 4.94. The smallest absolute Gasteiger partial charge is 0.211 e. The number of fused-ring (bicyclic) bond motifs is 1. The molecule has 1 aromatic carbocycles. The number of pyridine rings is 2. The number of aromatic nitrogens is 4. The Labute approximate surface area is 253 Å². The van der Waals surface area contributed by atoms with Crippen molar-refractivity contribution in [3.63, 3.8) is 0 Å². The predicted octanol–water partition coefficient (Wildman–Crippen LogP) is 4.36. The van der Waals surface area contributed by atoms with Gasteiger partial charge in [-0.25, -0.2) is 17.7 Å². The number of nitrogens with zero attached hydrogens (tertiary/aromatic N) is 5. The zero-order valence-corrected chi connectivity index (χ0v) is 25.8. The number of anilines is 1. The molecule has 6 rings (SSSR count). The topological polar surface area (TPSA) is 134 Å². The van der Waals surface area contributed by atoms with Gasteiger partial charge in [-0.3, -0.25) is 10.1 Å². The van der Waals surface area contributed by atoms with E-state index in [4.69, 9.17) is 32.7 Å². The van der Waals surface area contributed by atoms with Crippen LogP contribution in [0.4, 0.5) is 5.82 Å².